The second kappa shape index (κ2) is 4.42. The van der Waals surface area contributed by atoms with Gasteiger partial charge in [-0.1, -0.05) is 0 Å². The molecule has 2 heterocycles. The van der Waals surface area contributed by atoms with E-state index in [4.69, 9.17) is 9.47 Å². The molecule has 0 radical (unpaired) electrons. The van der Waals surface area contributed by atoms with Crippen LogP contribution in [0.4, 0.5) is 0 Å². The molecule has 2 aromatic rings. The Labute approximate surface area is 110 Å². The van der Waals surface area contributed by atoms with Gasteiger partial charge in [-0.05, 0) is 25.1 Å². The van der Waals surface area contributed by atoms with Crippen LogP contribution in [0.15, 0.2) is 36.9 Å². The third-order valence-electron chi connectivity index (χ3n) is 3.32. The van der Waals surface area contributed by atoms with E-state index in [-0.39, 0.29) is 17.9 Å². The number of aromatic nitrogens is 2. The summed E-state index contributed by atoms with van der Waals surface area (Å²) in [6, 6.07) is 4.89. The summed E-state index contributed by atoms with van der Waals surface area (Å²) in [7, 11) is 1.58. The smallest absolute Gasteiger partial charge is 0.193 e. The topological polar surface area (TPSA) is 53.4 Å². The Hall–Kier alpha value is -2.30. The van der Waals surface area contributed by atoms with E-state index < -0.39 is 0 Å². The van der Waals surface area contributed by atoms with Crippen molar-refractivity contribution in [3.05, 3.63) is 42.5 Å². The molecule has 0 aliphatic carbocycles. The zero-order chi connectivity index (χ0) is 13.4. The molecule has 0 saturated heterocycles. The van der Waals surface area contributed by atoms with E-state index in [1.54, 1.807) is 48.6 Å². The maximum absolute atomic E-state index is 12.6. The van der Waals surface area contributed by atoms with Gasteiger partial charge < -0.3 is 14.0 Å². The number of hydrogen-bond acceptors (Lipinski definition) is 4. The van der Waals surface area contributed by atoms with Crippen LogP contribution in [0.3, 0.4) is 0 Å². The number of imidazole rings is 1. The molecule has 3 rings (SSSR count). The van der Waals surface area contributed by atoms with Gasteiger partial charge in [0.15, 0.2) is 5.78 Å². The van der Waals surface area contributed by atoms with Gasteiger partial charge in [-0.15, -0.1) is 0 Å². The Balaban J connectivity index is 2.06. The molecule has 0 saturated carbocycles. The summed E-state index contributed by atoms with van der Waals surface area (Å²) in [5.74, 6) is 1.27. The van der Waals surface area contributed by atoms with Gasteiger partial charge >= 0.3 is 0 Å². The summed E-state index contributed by atoms with van der Waals surface area (Å²) >= 11 is 0. The second-order valence-corrected chi connectivity index (χ2v) is 4.50. The van der Waals surface area contributed by atoms with Crippen molar-refractivity contribution in [3.63, 3.8) is 0 Å². The Bertz CT molecular complexity index is 607. The van der Waals surface area contributed by atoms with E-state index in [2.05, 4.69) is 4.98 Å². The number of hydrogen-bond donors (Lipinski definition) is 0. The van der Waals surface area contributed by atoms with E-state index in [0.717, 1.165) is 0 Å². The van der Waals surface area contributed by atoms with Crippen molar-refractivity contribution in [2.45, 2.75) is 19.1 Å². The van der Waals surface area contributed by atoms with E-state index >= 15 is 0 Å². The van der Waals surface area contributed by atoms with E-state index in [1.807, 2.05) is 6.92 Å². The number of carbonyl (C=O) groups is 1. The minimum Gasteiger partial charge on any atom is -0.497 e. The summed E-state index contributed by atoms with van der Waals surface area (Å²) in [6.45, 7) is 1.88. The van der Waals surface area contributed by atoms with Gasteiger partial charge in [0.05, 0.1) is 19.0 Å². The van der Waals surface area contributed by atoms with Crippen LogP contribution in [0.5, 0.6) is 11.5 Å². The maximum Gasteiger partial charge on any atom is 0.193 e. The van der Waals surface area contributed by atoms with Gasteiger partial charge in [-0.3, -0.25) is 4.79 Å². The zero-order valence-electron chi connectivity index (χ0n) is 10.7. The minimum absolute atomic E-state index is 0.0191. The molecule has 5 heteroatoms. The Morgan fingerprint density at radius 2 is 2.26 bits per heavy atom. The third-order valence-corrected chi connectivity index (χ3v) is 3.32. The fourth-order valence-electron chi connectivity index (χ4n) is 2.38. The number of fused-ring (bicyclic) bond motifs is 1. The van der Waals surface area contributed by atoms with Crippen molar-refractivity contribution in [1.82, 2.24) is 9.55 Å². The van der Waals surface area contributed by atoms with Crippen LogP contribution >= 0.6 is 0 Å². The van der Waals surface area contributed by atoms with Gasteiger partial charge in [0.25, 0.3) is 0 Å². The molecule has 2 atom stereocenters. The molecule has 2 unspecified atom stereocenters. The second-order valence-electron chi connectivity index (χ2n) is 4.50. The molecule has 98 valence electrons. The van der Waals surface area contributed by atoms with Crippen LogP contribution in [0.25, 0.3) is 0 Å². The number of nitrogens with zero attached hydrogens (tertiary/aromatic N) is 2. The largest absolute Gasteiger partial charge is 0.497 e. The molecule has 0 amide bonds. The third kappa shape index (κ3) is 1.87. The van der Waals surface area contributed by atoms with Gasteiger partial charge in [0, 0.05) is 12.4 Å². The molecular formula is C14H14N2O3. The summed E-state index contributed by atoms with van der Waals surface area (Å²) < 4.78 is 12.7. The summed E-state index contributed by atoms with van der Waals surface area (Å²) in [5, 5.41) is 0. The van der Waals surface area contributed by atoms with Crippen LogP contribution in [-0.4, -0.2) is 28.5 Å². The van der Waals surface area contributed by atoms with Crippen LogP contribution in [0.1, 0.15) is 23.3 Å². The fourth-order valence-corrected chi connectivity index (χ4v) is 2.38. The van der Waals surface area contributed by atoms with Crippen molar-refractivity contribution in [2.24, 2.45) is 0 Å². The number of methoxy groups -OCH3 is 1. The Kier molecular flexibility index (Phi) is 2.74. The van der Waals surface area contributed by atoms with E-state index in [0.29, 0.717) is 17.1 Å². The predicted octanol–water partition coefficient (Wildman–Crippen LogP) is 2.10. The molecule has 19 heavy (non-hydrogen) atoms. The van der Waals surface area contributed by atoms with E-state index in [1.165, 1.54) is 0 Å². The highest BCUT2D eigenvalue weighted by Gasteiger charge is 2.35. The fraction of sp³-hybridized carbons (Fsp3) is 0.286. The van der Waals surface area contributed by atoms with Crippen LogP contribution < -0.4 is 9.47 Å². The molecule has 1 aromatic heterocycles. The molecule has 1 aliphatic rings. The molecule has 1 aliphatic heterocycles. The normalized spacial score (nSPS) is 21.7. The molecule has 0 bridgehead atoms. The first-order chi connectivity index (χ1) is 9.20. The standard InChI is InChI=1S/C14H14N2O3/c1-9-13(16-6-5-15-8-16)14(17)11-7-10(18-2)3-4-12(11)19-9/h3-9,13H,1-2H3. The van der Waals surface area contributed by atoms with Crippen molar-refractivity contribution >= 4 is 5.78 Å². The monoisotopic (exact) mass is 258 g/mol. The highest BCUT2D eigenvalue weighted by atomic mass is 16.5. The predicted molar refractivity (Wildman–Crippen MR) is 68.7 cm³/mol. The summed E-state index contributed by atoms with van der Waals surface area (Å²) in [5.41, 5.74) is 0.552. The van der Waals surface area contributed by atoms with Crippen molar-refractivity contribution in [1.29, 1.82) is 0 Å². The van der Waals surface area contributed by atoms with Crippen molar-refractivity contribution < 1.29 is 14.3 Å². The number of ketones is 1. The summed E-state index contributed by atoms with van der Waals surface area (Å²) in [4.78, 5) is 16.6. The van der Waals surface area contributed by atoms with Gasteiger partial charge in [-0.25, -0.2) is 4.98 Å². The van der Waals surface area contributed by atoms with Gasteiger partial charge in [-0.2, -0.15) is 0 Å². The van der Waals surface area contributed by atoms with Crippen molar-refractivity contribution in [3.8, 4) is 11.5 Å². The van der Waals surface area contributed by atoms with Gasteiger partial charge in [0.2, 0.25) is 0 Å². The SMILES string of the molecule is COc1ccc2c(c1)C(=O)C(n1ccnc1)C(C)O2. The van der Waals surface area contributed by atoms with Crippen molar-refractivity contribution in [2.75, 3.05) is 7.11 Å². The lowest BCUT2D eigenvalue weighted by molar-refractivity contribution is 0.0717. The lowest BCUT2D eigenvalue weighted by Gasteiger charge is -2.31. The van der Waals surface area contributed by atoms with Crippen LogP contribution in [-0.2, 0) is 0 Å². The number of benzene rings is 1. The Morgan fingerprint density at radius 1 is 1.42 bits per heavy atom. The van der Waals surface area contributed by atoms with E-state index in [9.17, 15) is 4.79 Å². The lowest BCUT2D eigenvalue weighted by atomic mass is 9.96. The first-order valence-electron chi connectivity index (χ1n) is 6.07. The number of rotatable bonds is 2. The molecule has 0 fully saturated rings. The first-order valence-corrected chi connectivity index (χ1v) is 6.07. The van der Waals surface area contributed by atoms with Crippen LogP contribution in [0.2, 0.25) is 0 Å². The van der Waals surface area contributed by atoms with Gasteiger partial charge in [0.1, 0.15) is 23.6 Å². The highest BCUT2D eigenvalue weighted by molar-refractivity contribution is 6.03. The molecule has 0 N–H and O–H groups in total. The quantitative estimate of drug-likeness (QED) is 0.827. The molecule has 5 nitrogen and oxygen atoms in total. The average Bonchev–Trinajstić information content (AvgIpc) is 2.92. The molecular weight excluding hydrogens is 244 g/mol. The maximum atomic E-state index is 12.6. The lowest BCUT2D eigenvalue weighted by Crippen LogP contribution is -2.37. The highest BCUT2D eigenvalue weighted by Crippen LogP contribution is 2.35. The number of ether oxygens (including phenoxy) is 2. The summed E-state index contributed by atoms with van der Waals surface area (Å²) in [6.07, 6.45) is 4.82. The molecule has 0 spiro atoms. The molecule has 1 aromatic carbocycles. The zero-order valence-corrected chi connectivity index (χ0v) is 10.7. The first kappa shape index (κ1) is 11.8. The van der Waals surface area contributed by atoms with Crippen LogP contribution in [0, 0.1) is 0 Å². The Morgan fingerprint density at radius 3 is 2.95 bits per heavy atom. The minimum atomic E-state index is -0.387. The number of carbonyl (C=O) groups excluding carboxylic acids is 1. The number of Topliss-reactive ketones (excluding diaryl/α,β-unsaturated/α-hetero) is 1. The average molecular weight is 258 g/mol.